The zero-order valence-corrected chi connectivity index (χ0v) is 13.7. The molecule has 1 aliphatic heterocycles. The molecule has 21 heavy (non-hydrogen) atoms. The summed E-state index contributed by atoms with van der Waals surface area (Å²) in [5, 5.41) is 12.8. The normalized spacial score (nSPS) is 16.0. The van der Waals surface area contributed by atoms with Crippen LogP contribution in [0, 0.1) is 6.92 Å². The molecule has 1 unspecified atom stereocenters. The SMILES string of the molecule is CCCNC(C)c1sc(N2CCn3cnnc3C2)nc1C. The Balaban J connectivity index is 1.75. The molecular formula is C14H22N6S. The Morgan fingerprint density at radius 1 is 1.43 bits per heavy atom. The minimum absolute atomic E-state index is 0.365. The molecule has 2 aromatic heterocycles. The van der Waals surface area contributed by atoms with Gasteiger partial charge in [0.05, 0.1) is 12.2 Å². The van der Waals surface area contributed by atoms with Crippen molar-refractivity contribution < 1.29 is 0 Å². The third-order valence-electron chi connectivity index (χ3n) is 3.82. The molecule has 114 valence electrons. The van der Waals surface area contributed by atoms with Crippen molar-refractivity contribution >= 4 is 16.5 Å². The molecular weight excluding hydrogens is 284 g/mol. The predicted molar refractivity (Wildman–Crippen MR) is 84.6 cm³/mol. The van der Waals surface area contributed by atoms with Gasteiger partial charge >= 0.3 is 0 Å². The van der Waals surface area contributed by atoms with Crippen LogP contribution < -0.4 is 10.2 Å². The van der Waals surface area contributed by atoms with Gasteiger partial charge in [-0.1, -0.05) is 18.3 Å². The van der Waals surface area contributed by atoms with Gasteiger partial charge in [-0.05, 0) is 26.8 Å². The minimum atomic E-state index is 0.365. The van der Waals surface area contributed by atoms with Gasteiger partial charge in [0.25, 0.3) is 0 Å². The molecule has 0 saturated heterocycles. The smallest absolute Gasteiger partial charge is 0.186 e. The summed E-state index contributed by atoms with van der Waals surface area (Å²) in [6.07, 6.45) is 2.96. The molecule has 6 nitrogen and oxygen atoms in total. The van der Waals surface area contributed by atoms with Crippen LogP contribution in [-0.4, -0.2) is 32.8 Å². The average Bonchev–Trinajstić information content (AvgIpc) is 3.10. The number of hydrogen-bond donors (Lipinski definition) is 1. The molecule has 0 amide bonds. The van der Waals surface area contributed by atoms with E-state index in [1.807, 2.05) is 6.33 Å². The van der Waals surface area contributed by atoms with E-state index >= 15 is 0 Å². The van der Waals surface area contributed by atoms with Crippen LogP contribution in [0.25, 0.3) is 0 Å². The molecule has 2 aromatic rings. The van der Waals surface area contributed by atoms with Gasteiger partial charge in [0, 0.05) is 24.0 Å². The number of aryl methyl sites for hydroxylation is 1. The van der Waals surface area contributed by atoms with E-state index in [2.05, 4.69) is 45.8 Å². The lowest BCUT2D eigenvalue weighted by atomic mass is 10.2. The van der Waals surface area contributed by atoms with Crippen LogP contribution >= 0.6 is 11.3 Å². The Labute approximate surface area is 129 Å². The number of hydrogen-bond acceptors (Lipinski definition) is 6. The van der Waals surface area contributed by atoms with E-state index < -0.39 is 0 Å². The summed E-state index contributed by atoms with van der Waals surface area (Å²) in [6.45, 7) is 10.2. The maximum Gasteiger partial charge on any atom is 0.186 e. The van der Waals surface area contributed by atoms with Gasteiger partial charge in [0.1, 0.15) is 6.33 Å². The molecule has 1 atom stereocenters. The number of fused-ring (bicyclic) bond motifs is 1. The van der Waals surface area contributed by atoms with Gasteiger partial charge in [-0.3, -0.25) is 0 Å². The number of anilines is 1. The molecule has 0 spiro atoms. The molecule has 1 N–H and O–H groups in total. The van der Waals surface area contributed by atoms with Crippen molar-refractivity contribution in [3.8, 4) is 0 Å². The Morgan fingerprint density at radius 2 is 2.29 bits per heavy atom. The first-order valence-electron chi connectivity index (χ1n) is 7.51. The van der Waals surface area contributed by atoms with Crippen LogP contribution in [0.15, 0.2) is 6.33 Å². The average molecular weight is 306 g/mol. The van der Waals surface area contributed by atoms with E-state index in [0.29, 0.717) is 6.04 Å². The summed E-state index contributed by atoms with van der Waals surface area (Å²) < 4.78 is 2.11. The second-order valence-corrected chi connectivity index (χ2v) is 6.49. The quantitative estimate of drug-likeness (QED) is 0.917. The van der Waals surface area contributed by atoms with Gasteiger partial charge in [0.2, 0.25) is 0 Å². The second-order valence-electron chi connectivity index (χ2n) is 5.48. The highest BCUT2D eigenvalue weighted by molar-refractivity contribution is 7.15. The molecule has 0 aromatic carbocycles. The molecule has 7 heteroatoms. The van der Waals surface area contributed by atoms with E-state index in [1.54, 1.807) is 11.3 Å². The largest absolute Gasteiger partial charge is 0.339 e. The van der Waals surface area contributed by atoms with E-state index in [-0.39, 0.29) is 0 Å². The molecule has 1 aliphatic rings. The first-order chi connectivity index (χ1) is 10.2. The monoisotopic (exact) mass is 306 g/mol. The summed E-state index contributed by atoms with van der Waals surface area (Å²) in [5.41, 5.74) is 1.14. The first-order valence-corrected chi connectivity index (χ1v) is 8.33. The summed E-state index contributed by atoms with van der Waals surface area (Å²) in [7, 11) is 0. The fourth-order valence-electron chi connectivity index (χ4n) is 2.61. The molecule has 0 radical (unpaired) electrons. The van der Waals surface area contributed by atoms with Gasteiger partial charge in [0.15, 0.2) is 11.0 Å². The lowest BCUT2D eigenvalue weighted by Crippen LogP contribution is -2.33. The second kappa shape index (κ2) is 6.11. The molecule has 3 rings (SSSR count). The van der Waals surface area contributed by atoms with Crippen LogP contribution in [-0.2, 0) is 13.1 Å². The van der Waals surface area contributed by atoms with Crippen molar-refractivity contribution in [1.29, 1.82) is 0 Å². The molecule has 0 fully saturated rings. The number of nitrogens with zero attached hydrogens (tertiary/aromatic N) is 5. The van der Waals surface area contributed by atoms with E-state index in [9.17, 15) is 0 Å². The van der Waals surface area contributed by atoms with E-state index in [0.717, 1.165) is 49.2 Å². The zero-order chi connectivity index (χ0) is 14.8. The first kappa shape index (κ1) is 14.5. The maximum atomic E-state index is 4.77. The Bertz CT molecular complexity index is 604. The molecule has 0 saturated carbocycles. The number of rotatable bonds is 5. The maximum absolute atomic E-state index is 4.77. The van der Waals surface area contributed by atoms with Crippen LogP contribution in [0.1, 0.15) is 42.7 Å². The van der Waals surface area contributed by atoms with Crippen molar-refractivity contribution in [2.24, 2.45) is 0 Å². The van der Waals surface area contributed by atoms with Crippen molar-refractivity contribution in [1.82, 2.24) is 25.1 Å². The molecule has 0 bridgehead atoms. The van der Waals surface area contributed by atoms with Crippen LogP contribution in [0.3, 0.4) is 0 Å². The summed E-state index contributed by atoms with van der Waals surface area (Å²) in [6, 6.07) is 0.365. The molecule has 3 heterocycles. The number of thiazole rings is 1. The number of nitrogens with one attached hydrogen (secondary N) is 1. The Hall–Kier alpha value is -1.47. The van der Waals surface area contributed by atoms with Crippen molar-refractivity contribution in [3.05, 3.63) is 22.7 Å². The van der Waals surface area contributed by atoms with E-state index in [4.69, 9.17) is 4.98 Å². The minimum Gasteiger partial charge on any atom is -0.339 e. The zero-order valence-electron chi connectivity index (χ0n) is 12.8. The lowest BCUT2D eigenvalue weighted by Gasteiger charge is -2.26. The van der Waals surface area contributed by atoms with E-state index in [1.165, 1.54) is 4.88 Å². The molecule has 0 aliphatic carbocycles. The third kappa shape index (κ3) is 2.94. The van der Waals surface area contributed by atoms with Gasteiger partial charge in [-0.2, -0.15) is 0 Å². The Kier molecular flexibility index (Phi) is 4.21. The fraction of sp³-hybridized carbons (Fsp3) is 0.643. The third-order valence-corrected chi connectivity index (χ3v) is 5.23. The highest BCUT2D eigenvalue weighted by atomic mass is 32.1. The van der Waals surface area contributed by atoms with Gasteiger partial charge in [-0.15, -0.1) is 10.2 Å². The lowest BCUT2D eigenvalue weighted by molar-refractivity contribution is 0.559. The van der Waals surface area contributed by atoms with Crippen molar-refractivity contribution in [2.75, 3.05) is 18.0 Å². The van der Waals surface area contributed by atoms with Gasteiger partial charge in [-0.25, -0.2) is 4.98 Å². The Morgan fingerprint density at radius 3 is 3.10 bits per heavy atom. The van der Waals surface area contributed by atoms with Crippen LogP contribution in [0.4, 0.5) is 5.13 Å². The summed E-state index contributed by atoms with van der Waals surface area (Å²) >= 11 is 1.80. The van der Waals surface area contributed by atoms with Gasteiger partial charge < -0.3 is 14.8 Å². The topological polar surface area (TPSA) is 58.9 Å². The highest BCUT2D eigenvalue weighted by Crippen LogP contribution is 2.32. The summed E-state index contributed by atoms with van der Waals surface area (Å²) in [4.78, 5) is 8.41. The highest BCUT2D eigenvalue weighted by Gasteiger charge is 2.22. The summed E-state index contributed by atoms with van der Waals surface area (Å²) in [5.74, 6) is 1.02. The van der Waals surface area contributed by atoms with Crippen LogP contribution in [0.2, 0.25) is 0 Å². The van der Waals surface area contributed by atoms with Crippen LogP contribution in [0.5, 0.6) is 0 Å². The fourth-order valence-corrected chi connectivity index (χ4v) is 3.73. The van der Waals surface area contributed by atoms with Crippen molar-refractivity contribution in [3.63, 3.8) is 0 Å². The predicted octanol–water partition coefficient (Wildman–Crippen LogP) is 2.12. The standard InChI is InChI=1S/C14H22N6S/c1-4-5-15-10(2)13-11(3)17-14(21-13)19-6-7-20-9-16-18-12(20)8-19/h9-10,15H,4-8H2,1-3H3. The number of aromatic nitrogens is 4. The van der Waals surface area contributed by atoms with Crippen molar-refractivity contribution in [2.45, 2.75) is 46.3 Å².